The largest absolute Gasteiger partial charge is 0.333 e. The SMILES string of the molecule is CCCN(CC(=O)Nc1ccc(Cl)cc1Cl)C(=O)C12CC3CC(CC(C3)C1)C2. The summed E-state index contributed by atoms with van der Waals surface area (Å²) in [5, 5.41) is 3.75. The van der Waals surface area contributed by atoms with Crippen LogP contribution in [0.2, 0.25) is 10.0 Å². The maximum Gasteiger partial charge on any atom is 0.244 e. The standard InChI is InChI=1S/C22H28Cl2N2O2/c1-2-5-26(13-20(27)25-19-4-3-17(23)9-18(19)24)21(28)22-10-14-6-15(11-22)8-16(7-14)12-22/h3-4,9,14-16H,2,5-8,10-13H2,1H3,(H,25,27). The van der Waals surface area contributed by atoms with Gasteiger partial charge in [-0.25, -0.2) is 0 Å². The number of benzene rings is 1. The Morgan fingerprint density at radius 3 is 2.25 bits per heavy atom. The van der Waals surface area contributed by atoms with E-state index in [1.807, 2.05) is 6.92 Å². The van der Waals surface area contributed by atoms with Crippen LogP contribution in [-0.2, 0) is 9.59 Å². The quantitative estimate of drug-likeness (QED) is 0.667. The molecule has 4 bridgehead atoms. The summed E-state index contributed by atoms with van der Waals surface area (Å²) in [5.74, 6) is 2.11. The maximum atomic E-state index is 13.6. The van der Waals surface area contributed by atoms with Crippen molar-refractivity contribution in [3.05, 3.63) is 28.2 Å². The van der Waals surface area contributed by atoms with Crippen molar-refractivity contribution in [2.45, 2.75) is 51.9 Å². The highest BCUT2D eigenvalue weighted by atomic mass is 35.5. The first-order chi connectivity index (χ1) is 13.4. The van der Waals surface area contributed by atoms with Crippen molar-refractivity contribution in [2.75, 3.05) is 18.4 Å². The van der Waals surface area contributed by atoms with Gasteiger partial charge in [-0.15, -0.1) is 0 Å². The van der Waals surface area contributed by atoms with Crippen molar-refractivity contribution in [3.63, 3.8) is 0 Å². The van der Waals surface area contributed by atoms with Crippen LogP contribution in [0.3, 0.4) is 0 Å². The maximum absolute atomic E-state index is 13.6. The van der Waals surface area contributed by atoms with Crippen molar-refractivity contribution in [3.8, 4) is 0 Å². The molecule has 5 rings (SSSR count). The van der Waals surface area contributed by atoms with Crippen molar-refractivity contribution in [2.24, 2.45) is 23.2 Å². The number of carbonyl (C=O) groups is 2. The number of nitrogens with zero attached hydrogens (tertiary/aromatic N) is 1. The summed E-state index contributed by atoms with van der Waals surface area (Å²) >= 11 is 12.1. The fraction of sp³-hybridized carbons (Fsp3) is 0.636. The molecule has 28 heavy (non-hydrogen) atoms. The van der Waals surface area contributed by atoms with Crippen LogP contribution in [0.5, 0.6) is 0 Å². The summed E-state index contributed by atoms with van der Waals surface area (Å²) in [5.41, 5.74) is 0.303. The molecular weight excluding hydrogens is 395 g/mol. The zero-order chi connectivity index (χ0) is 19.9. The lowest BCUT2D eigenvalue weighted by molar-refractivity contribution is -0.158. The Morgan fingerprint density at radius 2 is 1.71 bits per heavy atom. The molecule has 0 spiro atoms. The molecule has 0 aliphatic heterocycles. The minimum Gasteiger partial charge on any atom is -0.333 e. The van der Waals surface area contributed by atoms with E-state index in [1.165, 1.54) is 19.3 Å². The summed E-state index contributed by atoms with van der Waals surface area (Å²) in [4.78, 5) is 28.0. The number of rotatable bonds is 6. The number of anilines is 1. The molecule has 2 amide bonds. The highest BCUT2D eigenvalue weighted by molar-refractivity contribution is 6.36. The van der Waals surface area contributed by atoms with Gasteiger partial charge in [0.05, 0.1) is 22.7 Å². The average molecular weight is 423 g/mol. The van der Waals surface area contributed by atoms with Gasteiger partial charge in [-0.3, -0.25) is 9.59 Å². The molecule has 6 heteroatoms. The monoisotopic (exact) mass is 422 g/mol. The van der Waals surface area contributed by atoms with Gasteiger partial charge >= 0.3 is 0 Å². The van der Waals surface area contributed by atoms with Crippen LogP contribution in [0.4, 0.5) is 5.69 Å². The summed E-state index contributed by atoms with van der Waals surface area (Å²) in [7, 11) is 0. The second-order valence-electron chi connectivity index (χ2n) is 9.10. The second-order valence-corrected chi connectivity index (χ2v) is 9.94. The fourth-order valence-corrected chi connectivity index (χ4v) is 6.64. The fourth-order valence-electron chi connectivity index (χ4n) is 6.18. The molecular formula is C22H28Cl2N2O2. The number of halogens is 2. The smallest absolute Gasteiger partial charge is 0.244 e. The Hall–Kier alpha value is -1.26. The lowest BCUT2D eigenvalue weighted by Crippen LogP contribution is -2.55. The third-order valence-corrected chi connectivity index (χ3v) is 7.36. The van der Waals surface area contributed by atoms with E-state index in [9.17, 15) is 9.59 Å². The average Bonchev–Trinajstić information content (AvgIpc) is 2.62. The number of carbonyl (C=O) groups excluding carboxylic acids is 2. The predicted octanol–water partition coefficient (Wildman–Crippen LogP) is 5.39. The molecule has 4 saturated carbocycles. The van der Waals surface area contributed by atoms with Crippen molar-refractivity contribution >= 4 is 40.7 Å². The van der Waals surface area contributed by atoms with Gasteiger partial charge in [0.25, 0.3) is 0 Å². The van der Waals surface area contributed by atoms with Gasteiger partial charge in [0.1, 0.15) is 0 Å². The van der Waals surface area contributed by atoms with E-state index in [0.29, 0.717) is 40.0 Å². The molecule has 0 saturated heterocycles. The van der Waals surface area contributed by atoms with Crippen LogP contribution in [-0.4, -0.2) is 29.8 Å². The van der Waals surface area contributed by atoms with Crippen molar-refractivity contribution in [1.82, 2.24) is 4.90 Å². The Bertz CT molecular complexity index is 745. The predicted molar refractivity (Wildman–Crippen MR) is 113 cm³/mol. The second kappa shape index (κ2) is 7.87. The van der Waals surface area contributed by atoms with E-state index in [1.54, 1.807) is 23.1 Å². The normalized spacial score (nSPS) is 30.3. The van der Waals surface area contributed by atoms with Crippen LogP contribution >= 0.6 is 23.2 Å². The highest BCUT2D eigenvalue weighted by Crippen LogP contribution is 2.60. The van der Waals surface area contributed by atoms with Crippen LogP contribution in [0.15, 0.2) is 18.2 Å². The molecule has 4 aliphatic rings. The molecule has 0 atom stereocenters. The van der Waals surface area contributed by atoms with Crippen LogP contribution in [0.25, 0.3) is 0 Å². The zero-order valence-corrected chi connectivity index (χ0v) is 17.9. The highest BCUT2D eigenvalue weighted by Gasteiger charge is 2.55. The molecule has 0 aromatic heterocycles. The Morgan fingerprint density at radius 1 is 1.11 bits per heavy atom. The molecule has 4 aliphatic carbocycles. The molecule has 0 heterocycles. The Labute approximate surface area is 176 Å². The molecule has 1 aromatic rings. The topological polar surface area (TPSA) is 49.4 Å². The van der Waals surface area contributed by atoms with E-state index < -0.39 is 0 Å². The third-order valence-electron chi connectivity index (χ3n) is 6.81. The van der Waals surface area contributed by atoms with Crippen molar-refractivity contribution in [1.29, 1.82) is 0 Å². The summed E-state index contributed by atoms with van der Waals surface area (Å²) < 4.78 is 0. The van der Waals surface area contributed by atoms with Gasteiger partial charge in [0, 0.05) is 11.6 Å². The molecule has 1 N–H and O–H groups in total. The van der Waals surface area contributed by atoms with Crippen LogP contribution < -0.4 is 5.32 Å². The number of hydrogen-bond acceptors (Lipinski definition) is 2. The first-order valence-corrected chi connectivity index (χ1v) is 11.2. The van der Waals surface area contributed by atoms with Gasteiger partial charge in [-0.05, 0) is 80.9 Å². The minimum atomic E-state index is -0.220. The molecule has 1 aromatic carbocycles. The Balaban J connectivity index is 1.46. The van der Waals surface area contributed by atoms with Crippen molar-refractivity contribution < 1.29 is 9.59 Å². The van der Waals surface area contributed by atoms with Gasteiger partial charge in [0.15, 0.2) is 0 Å². The molecule has 4 nitrogen and oxygen atoms in total. The molecule has 0 unspecified atom stereocenters. The van der Waals surface area contributed by atoms with E-state index in [2.05, 4.69) is 5.32 Å². The van der Waals surface area contributed by atoms with Gasteiger partial charge in [-0.2, -0.15) is 0 Å². The van der Waals surface area contributed by atoms with E-state index >= 15 is 0 Å². The van der Waals surface area contributed by atoms with Gasteiger partial charge in [0.2, 0.25) is 11.8 Å². The molecule has 152 valence electrons. The number of amides is 2. The lowest BCUT2D eigenvalue weighted by atomic mass is 9.49. The molecule has 4 fully saturated rings. The zero-order valence-electron chi connectivity index (χ0n) is 16.3. The lowest BCUT2D eigenvalue weighted by Gasteiger charge is -2.56. The van der Waals surface area contributed by atoms with E-state index in [4.69, 9.17) is 23.2 Å². The number of nitrogens with one attached hydrogen (secondary N) is 1. The summed E-state index contributed by atoms with van der Waals surface area (Å²) in [6.45, 7) is 2.74. The van der Waals surface area contributed by atoms with E-state index in [-0.39, 0.29) is 23.8 Å². The Kier molecular flexibility index (Phi) is 5.63. The summed E-state index contributed by atoms with van der Waals surface area (Å²) in [6, 6.07) is 4.98. The number of hydrogen-bond donors (Lipinski definition) is 1. The van der Waals surface area contributed by atoms with Crippen LogP contribution in [0, 0.1) is 23.2 Å². The van der Waals surface area contributed by atoms with Crippen LogP contribution in [0.1, 0.15) is 51.9 Å². The third kappa shape index (κ3) is 3.91. The first kappa shape index (κ1) is 20.0. The summed E-state index contributed by atoms with van der Waals surface area (Å²) in [6.07, 6.45) is 7.79. The van der Waals surface area contributed by atoms with Gasteiger partial charge < -0.3 is 10.2 Å². The van der Waals surface area contributed by atoms with Gasteiger partial charge in [-0.1, -0.05) is 30.1 Å². The minimum absolute atomic E-state index is 0.0768. The first-order valence-electron chi connectivity index (χ1n) is 10.4. The van der Waals surface area contributed by atoms with E-state index in [0.717, 1.165) is 25.7 Å². The molecule has 0 radical (unpaired) electrons.